The summed E-state index contributed by atoms with van der Waals surface area (Å²) in [5.41, 5.74) is 0.676. The van der Waals surface area contributed by atoms with Crippen molar-refractivity contribution in [1.29, 1.82) is 0 Å². The van der Waals surface area contributed by atoms with Crippen LogP contribution in [0.2, 0.25) is 5.02 Å². The molecule has 0 fully saturated rings. The summed E-state index contributed by atoms with van der Waals surface area (Å²) in [7, 11) is 0. The largest absolute Gasteiger partial charge is 0.388 e. The van der Waals surface area contributed by atoms with Crippen molar-refractivity contribution < 1.29 is 23.4 Å². The summed E-state index contributed by atoms with van der Waals surface area (Å²) in [6.45, 7) is 4.71. The molecule has 2 heterocycles. The molecule has 3 aromatic rings. The molecule has 1 aromatic carbocycles. The number of aliphatic hydroxyl groups is 1. The Morgan fingerprint density at radius 2 is 1.94 bits per heavy atom. The van der Waals surface area contributed by atoms with Crippen LogP contribution in [-0.2, 0) is 16.0 Å². The number of nitrogens with zero attached hydrogens (tertiary/aromatic N) is 3. The van der Waals surface area contributed by atoms with E-state index in [1.165, 1.54) is 22.6 Å². The predicted octanol–water partition coefficient (Wildman–Crippen LogP) is 4.78. The molecule has 3 rings (SSSR count). The van der Waals surface area contributed by atoms with Gasteiger partial charge in [0, 0.05) is 41.2 Å². The van der Waals surface area contributed by atoms with Crippen molar-refractivity contribution in [2.45, 2.75) is 42.9 Å². The van der Waals surface area contributed by atoms with E-state index in [1.807, 2.05) is 13.8 Å². The van der Waals surface area contributed by atoms with E-state index in [9.17, 15) is 13.9 Å². The van der Waals surface area contributed by atoms with Gasteiger partial charge in [-0.15, -0.1) is 6.42 Å². The third-order valence-corrected chi connectivity index (χ3v) is 6.21. The summed E-state index contributed by atoms with van der Waals surface area (Å²) in [4.78, 5) is 4.86. The number of aliphatic hydroxyl groups excluding tert-OH is 1. The molecule has 0 spiro atoms. The number of hydrogen-bond acceptors (Lipinski definition) is 6. The molecule has 0 saturated heterocycles. The molecule has 180 valence electrons. The van der Waals surface area contributed by atoms with Gasteiger partial charge in [-0.25, -0.2) is 8.78 Å². The maximum Gasteiger partial charge on any atom is 0.145 e. The van der Waals surface area contributed by atoms with Gasteiger partial charge in [-0.1, -0.05) is 29.3 Å². The Morgan fingerprint density at radius 3 is 2.62 bits per heavy atom. The lowest BCUT2D eigenvalue weighted by Gasteiger charge is -2.26. The van der Waals surface area contributed by atoms with Crippen LogP contribution >= 0.6 is 23.4 Å². The average Bonchev–Trinajstić information content (AvgIpc) is 3.29. The van der Waals surface area contributed by atoms with Crippen LogP contribution in [0.4, 0.5) is 8.78 Å². The van der Waals surface area contributed by atoms with Gasteiger partial charge in [-0.3, -0.25) is 9.67 Å². The molecule has 2 aromatic heterocycles. The zero-order chi connectivity index (χ0) is 24.7. The number of aromatic nitrogens is 3. The molecule has 1 N–H and O–H groups in total. The number of hydrogen-bond donors (Lipinski definition) is 1. The zero-order valence-electron chi connectivity index (χ0n) is 18.6. The Labute approximate surface area is 206 Å². The molecular formula is C24H24ClF2N3O3S. The highest BCUT2D eigenvalue weighted by atomic mass is 35.5. The first kappa shape index (κ1) is 26.1. The molecule has 0 aliphatic heterocycles. The van der Waals surface area contributed by atoms with Gasteiger partial charge in [0.05, 0.1) is 25.5 Å². The van der Waals surface area contributed by atoms with Crippen molar-refractivity contribution in [3.63, 3.8) is 0 Å². The van der Waals surface area contributed by atoms with E-state index >= 15 is 0 Å². The maximum atomic E-state index is 13.8. The first-order chi connectivity index (χ1) is 16.3. The van der Waals surface area contributed by atoms with Gasteiger partial charge >= 0.3 is 0 Å². The van der Waals surface area contributed by atoms with Crippen LogP contribution in [0.5, 0.6) is 0 Å². The third-order valence-electron chi connectivity index (χ3n) is 4.69. The average molecular weight is 508 g/mol. The van der Waals surface area contributed by atoms with E-state index in [4.69, 9.17) is 27.5 Å². The number of terminal acetylenes is 1. The molecule has 10 heteroatoms. The minimum atomic E-state index is -0.991. The van der Waals surface area contributed by atoms with Crippen LogP contribution in [-0.4, -0.2) is 50.7 Å². The fourth-order valence-corrected chi connectivity index (χ4v) is 4.24. The topological polar surface area (TPSA) is 69.4 Å². The summed E-state index contributed by atoms with van der Waals surface area (Å²) in [6, 6.07) is 4.04. The standard InChI is InChI=1S/C24H24ClF2N3O3S/c1-4-16-6-19(11-28-9-16)34-24(33-15(3)14-32-5-2)22(31)13-30-12-18(10-29-30)17-7-20(26)23(25)21(27)8-17/h1,6-12,15,22,24,31H,5,13-14H2,2-3H3/t15?,22-,24?/m0/s1. The van der Waals surface area contributed by atoms with Crippen molar-refractivity contribution in [1.82, 2.24) is 14.8 Å². The van der Waals surface area contributed by atoms with Gasteiger partial charge in [-0.2, -0.15) is 5.10 Å². The summed E-state index contributed by atoms with van der Waals surface area (Å²) >= 11 is 6.84. The van der Waals surface area contributed by atoms with E-state index in [-0.39, 0.29) is 18.2 Å². The van der Waals surface area contributed by atoms with Crippen LogP contribution in [0, 0.1) is 24.0 Å². The molecular weight excluding hydrogens is 484 g/mol. The van der Waals surface area contributed by atoms with Gasteiger partial charge in [0.1, 0.15) is 28.2 Å². The van der Waals surface area contributed by atoms with Crippen molar-refractivity contribution >= 4 is 23.4 Å². The van der Waals surface area contributed by atoms with Crippen LogP contribution in [0.15, 0.2) is 47.9 Å². The third kappa shape index (κ3) is 7.01. The number of ether oxygens (including phenoxy) is 2. The Kier molecular flexibility index (Phi) is 9.45. The fraction of sp³-hybridized carbons (Fsp3) is 0.333. The number of rotatable bonds is 11. The summed E-state index contributed by atoms with van der Waals surface area (Å²) < 4.78 is 40.6. The molecule has 0 bridgehead atoms. The van der Waals surface area contributed by atoms with Gasteiger partial charge in [0.2, 0.25) is 0 Å². The van der Waals surface area contributed by atoms with E-state index in [0.717, 1.165) is 17.0 Å². The monoisotopic (exact) mass is 507 g/mol. The van der Waals surface area contributed by atoms with Crippen LogP contribution in [0.3, 0.4) is 0 Å². The van der Waals surface area contributed by atoms with Crippen molar-refractivity contribution in [3.8, 4) is 23.5 Å². The first-order valence-electron chi connectivity index (χ1n) is 10.5. The van der Waals surface area contributed by atoms with E-state index < -0.39 is 28.2 Å². The predicted molar refractivity (Wildman–Crippen MR) is 127 cm³/mol. The van der Waals surface area contributed by atoms with Gasteiger partial charge in [0.15, 0.2) is 0 Å². The molecule has 0 radical (unpaired) electrons. The first-order valence-corrected chi connectivity index (χ1v) is 11.7. The van der Waals surface area contributed by atoms with Crippen molar-refractivity contribution in [2.24, 2.45) is 0 Å². The number of pyridine rings is 1. The second kappa shape index (κ2) is 12.3. The highest BCUT2D eigenvalue weighted by molar-refractivity contribution is 7.99. The summed E-state index contributed by atoms with van der Waals surface area (Å²) in [6.07, 6.45) is 10.4. The van der Waals surface area contributed by atoms with Crippen molar-refractivity contribution in [3.05, 3.63) is 65.2 Å². The highest BCUT2D eigenvalue weighted by Gasteiger charge is 2.25. The Morgan fingerprint density at radius 1 is 1.21 bits per heavy atom. The molecule has 0 saturated carbocycles. The zero-order valence-corrected chi connectivity index (χ0v) is 20.2. The van der Waals surface area contributed by atoms with Gasteiger partial charge in [-0.05, 0) is 37.6 Å². The lowest BCUT2D eigenvalue weighted by Crippen LogP contribution is -2.34. The lowest BCUT2D eigenvalue weighted by atomic mass is 10.1. The summed E-state index contributed by atoms with van der Waals surface area (Å²) in [5.74, 6) is 0.812. The van der Waals surface area contributed by atoms with Crippen molar-refractivity contribution in [2.75, 3.05) is 13.2 Å². The molecule has 0 amide bonds. The second-order valence-corrected chi connectivity index (χ2v) is 8.97. The Hall–Kier alpha value is -2.48. The SMILES string of the molecule is C#Cc1cncc(SC(OC(C)COCC)[C@@H](O)Cn2cc(-c3cc(F)c(Cl)c(F)c3)cn2)c1. The van der Waals surface area contributed by atoms with Crippen LogP contribution in [0.1, 0.15) is 19.4 Å². The molecule has 0 aliphatic rings. The van der Waals surface area contributed by atoms with E-state index in [1.54, 1.807) is 24.7 Å². The Bertz CT molecular complexity index is 1130. The van der Waals surface area contributed by atoms with E-state index in [2.05, 4.69) is 16.0 Å². The minimum Gasteiger partial charge on any atom is -0.388 e. The molecule has 0 aliphatic carbocycles. The number of benzene rings is 1. The molecule has 3 atom stereocenters. The molecule has 6 nitrogen and oxygen atoms in total. The van der Waals surface area contributed by atoms with Gasteiger partial charge < -0.3 is 14.6 Å². The molecule has 2 unspecified atom stereocenters. The quantitative estimate of drug-likeness (QED) is 0.174. The van der Waals surface area contributed by atoms with Gasteiger partial charge in [0.25, 0.3) is 0 Å². The van der Waals surface area contributed by atoms with Crippen LogP contribution in [0.25, 0.3) is 11.1 Å². The minimum absolute atomic E-state index is 0.0693. The second-order valence-electron chi connectivity index (χ2n) is 7.42. The van der Waals surface area contributed by atoms with Crippen LogP contribution < -0.4 is 0 Å². The molecule has 34 heavy (non-hydrogen) atoms. The number of halogens is 3. The smallest absolute Gasteiger partial charge is 0.145 e. The number of thioether (sulfide) groups is 1. The van der Waals surface area contributed by atoms with E-state index in [0.29, 0.717) is 24.3 Å². The lowest BCUT2D eigenvalue weighted by molar-refractivity contribution is -0.0592. The Balaban J connectivity index is 1.76. The normalized spacial score (nSPS) is 13.9. The maximum absolute atomic E-state index is 13.8. The fourth-order valence-electron chi connectivity index (χ4n) is 3.06. The highest BCUT2D eigenvalue weighted by Crippen LogP contribution is 2.30. The summed E-state index contributed by atoms with van der Waals surface area (Å²) in [5, 5.41) is 14.6.